The van der Waals surface area contributed by atoms with Gasteiger partial charge in [-0.25, -0.2) is 4.99 Å². The number of nitrogens with zero attached hydrogens (tertiary/aromatic N) is 2. The van der Waals surface area contributed by atoms with Gasteiger partial charge in [0.05, 0.1) is 5.54 Å². The van der Waals surface area contributed by atoms with Gasteiger partial charge in [-0.15, -0.1) is 0 Å². The zero-order valence-corrected chi connectivity index (χ0v) is 10.8. The van der Waals surface area contributed by atoms with Crippen LogP contribution in [0.2, 0.25) is 0 Å². The smallest absolute Gasteiger partial charge is 0.216 e. The van der Waals surface area contributed by atoms with Gasteiger partial charge in [0, 0.05) is 13.6 Å². The van der Waals surface area contributed by atoms with Gasteiger partial charge in [-0.05, 0) is 31.4 Å². The van der Waals surface area contributed by atoms with E-state index in [9.17, 15) is 0 Å². The van der Waals surface area contributed by atoms with Crippen molar-refractivity contribution in [3.63, 3.8) is 0 Å². The minimum absolute atomic E-state index is 0.0121. The minimum atomic E-state index is -0.174. The van der Waals surface area contributed by atoms with Gasteiger partial charge in [-0.3, -0.25) is 5.41 Å². The molecule has 0 bridgehead atoms. The van der Waals surface area contributed by atoms with Crippen LogP contribution in [0, 0.1) is 5.41 Å². The van der Waals surface area contributed by atoms with Crippen molar-refractivity contribution in [1.82, 2.24) is 4.90 Å². The summed E-state index contributed by atoms with van der Waals surface area (Å²) in [4.78, 5) is 6.08. The minimum Gasteiger partial charge on any atom is -0.356 e. The molecular weight excluding hydrogens is 224 g/mol. The topological polar surface area (TPSA) is 65.5 Å². The molecule has 0 heterocycles. The molecule has 0 unspecified atom stereocenters. The zero-order chi connectivity index (χ0) is 12.2. The molecular formula is C11H21ClN4. The van der Waals surface area contributed by atoms with E-state index in [0.29, 0.717) is 6.54 Å². The summed E-state index contributed by atoms with van der Waals surface area (Å²) in [5.41, 5.74) is 5.94. The highest BCUT2D eigenvalue weighted by Gasteiger charge is 2.35. The molecule has 3 N–H and O–H groups in total. The van der Waals surface area contributed by atoms with E-state index in [1.807, 2.05) is 14.0 Å². The lowest BCUT2D eigenvalue weighted by Gasteiger charge is -2.45. The number of amidine groups is 2. The third-order valence-electron chi connectivity index (χ3n) is 3.62. The van der Waals surface area contributed by atoms with Crippen molar-refractivity contribution < 1.29 is 0 Å². The molecule has 0 amide bonds. The lowest BCUT2D eigenvalue weighted by atomic mass is 9.80. The van der Waals surface area contributed by atoms with Crippen LogP contribution in [-0.4, -0.2) is 35.2 Å². The summed E-state index contributed by atoms with van der Waals surface area (Å²) in [5.74, 6) is 0.771. The first-order valence-corrected chi connectivity index (χ1v) is 6.13. The SMILES string of the molecule is C/C(=N\C(=N)Cl)N(C)C1(CN)CCCCC1. The zero-order valence-electron chi connectivity index (χ0n) is 10.1. The second kappa shape index (κ2) is 5.64. The molecule has 0 atom stereocenters. The molecule has 1 aliphatic carbocycles. The lowest BCUT2D eigenvalue weighted by molar-refractivity contribution is 0.148. The van der Waals surface area contributed by atoms with Crippen LogP contribution in [0.15, 0.2) is 4.99 Å². The molecule has 0 aromatic heterocycles. The van der Waals surface area contributed by atoms with Crippen molar-refractivity contribution >= 4 is 22.7 Å². The Kier molecular flexibility index (Phi) is 4.74. The third kappa shape index (κ3) is 2.95. The van der Waals surface area contributed by atoms with E-state index in [1.54, 1.807) is 0 Å². The van der Waals surface area contributed by atoms with Gasteiger partial charge in [-0.1, -0.05) is 19.3 Å². The van der Waals surface area contributed by atoms with Crippen LogP contribution in [0.1, 0.15) is 39.0 Å². The van der Waals surface area contributed by atoms with Gasteiger partial charge in [-0.2, -0.15) is 0 Å². The van der Waals surface area contributed by atoms with Gasteiger partial charge in [0.2, 0.25) is 5.29 Å². The molecule has 0 aliphatic heterocycles. The Morgan fingerprint density at radius 1 is 1.44 bits per heavy atom. The number of hydrogen-bond acceptors (Lipinski definition) is 2. The summed E-state index contributed by atoms with van der Waals surface area (Å²) in [5, 5.41) is 7.00. The van der Waals surface area contributed by atoms with Gasteiger partial charge < -0.3 is 10.6 Å². The third-order valence-corrected chi connectivity index (χ3v) is 3.71. The molecule has 1 saturated carbocycles. The molecule has 0 saturated heterocycles. The molecule has 1 rings (SSSR count). The Balaban J connectivity index is 2.82. The average Bonchev–Trinajstić information content (AvgIpc) is 2.28. The maximum Gasteiger partial charge on any atom is 0.216 e. The van der Waals surface area contributed by atoms with Gasteiger partial charge in [0.25, 0.3) is 0 Å². The fourth-order valence-corrected chi connectivity index (χ4v) is 2.57. The highest BCUT2D eigenvalue weighted by Crippen LogP contribution is 2.32. The summed E-state index contributed by atoms with van der Waals surface area (Å²) < 4.78 is 0. The van der Waals surface area contributed by atoms with Crippen molar-refractivity contribution in [2.75, 3.05) is 13.6 Å². The van der Waals surface area contributed by atoms with E-state index in [1.165, 1.54) is 19.3 Å². The van der Waals surface area contributed by atoms with Crippen LogP contribution in [0.25, 0.3) is 0 Å². The number of likely N-dealkylation sites (N-methyl/N-ethyl adjacent to an activating group) is 1. The number of nitrogens with one attached hydrogen (secondary N) is 1. The van der Waals surface area contributed by atoms with E-state index in [0.717, 1.165) is 18.7 Å². The van der Waals surface area contributed by atoms with E-state index < -0.39 is 0 Å². The summed E-state index contributed by atoms with van der Waals surface area (Å²) >= 11 is 5.48. The predicted octanol–water partition coefficient (Wildman–Crippen LogP) is 2.17. The molecule has 0 aromatic carbocycles. The summed E-state index contributed by atoms with van der Waals surface area (Å²) in [7, 11) is 2.00. The summed E-state index contributed by atoms with van der Waals surface area (Å²) in [6, 6.07) is 0. The van der Waals surface area contributed by atoms with Crippen LogP contribution >= 0.6 is 11.6 Å². The highest BCUT2D eigenvalue weighted by molar-refractivity contribution is 6.64. The van der Waals surface area contributed by atoms with Gasteiger partial charge in [0.15, 0.2) is 0 Å². The average molecular weight is 245 g/mol. The molecule has 5 heteroatoms. The predicted molar refractivity (Wildman–Crippen MR) is 69.3 cm³/mol. The Hall–Kier alpha value is -0.610. The number of aliphatic imine (C=N–C) groups is 1. The van der Waals surface area contributed by atoms with Crippen LogP contribution in [0.3, 0.4) is 0 Å². The van der Waals surface area contributed by atoms with Crippen molar-refractivity contribution in [3.8, 4) is 0 Å². The molecule has 1 fully saturated rings. The van der Waals surface area contributed by atoms with Crippen LogP contribution < -0.4 is 5.73 Å². The fourth-order valence-electron chi connectivity index (χ4n) is 2.45. The maximum atomic E-state index is 7.17. The molecule has 16 heavy (non-hydrogen) atoms. The van der Waals surface area contributed by atoms with Crippen molar-refractivity contribution in [2.24, 2.45) is 10.7 Å². The van der Waals surface area contributed by atoms with E-state index in [4.69, 9.17) is 22.7 Å². The molecule has 4 nitrogen and oxygen atoms in total. The first kappa shape index (κ1) is 13.5. The summed E-state index contributed by atoms with van der Waals surface area (Å²) in [6.45, 7) is 2.51. The number of nitrogens with two attached hydrogens (primary N) is 1. The fraction of sp³-hybridized carbons (Fsp3) is 0.818. The number of rotatable bonds is 2. The van der Waals surface area contributed by atoms with Crippen molar-refractivity contribution in [3.05, 3.63) is 0 Å². The summed E-state index contributed by atoms with van der Waals surface area (Å²) in [6.07, 6.45) is 5.92. The molecule has 0 radical (unpaired) electrons. The van der Waals surface area contributed by atoms with E-state index >= 15 is 0 Å². The molecule has 0 aromatic rings. The molecule has 92 valence electrons. The Morgan fingerprint density at radius 2 is 2.00 bits per heavy atom. The van der Waals surface area contributed by atoms with Gasteiger partial charge in [0.1, 0.15) is 5.84 Å². The van der Waals surface area contributed by atoms with E-state index in [2.05, 4.69) is 9.89 Å². The molecule has 0 spiro atoms. The standard InChI is InChI=1S/C11H21ClN4/c1-9(15-10(12)14)16(2)11(8-13)6-4-3-5-7-11/h14H,3-8,13H2,1-2H3/b14-10?,15-9+. The van der Waals surface area contributed by atoms with Crippen molar-refractivity contribution in [2.45, 2.75) is 44.6 Å². The van der Waals surface area contributed by atoms with Crippen LogP contribution in [-0.2, 0) is 0 Å². The first-order chi connectivity index (χ1) is 7.52. The largest absolute Gasteiger partial charge is 0.356 e. The number of halogens is 1. The van der Waals surface area contributed by atoms with Crippen LogP contribution in [0.4, 0.5) is 0 Å². The maximum absolute atomic E-state index is 7.17. The van der Waals surface area contributed by atoms with Crippen LogP contribution in [0.5, 0.6) is 0 Å². The Bertz CT molecular complexity index is 282. The van der Waals surface area contributed by atoms with E-state index in [-0.39, 0.29) is 10.8 Å². The quantitative estimate of drug-likeness (QED) is 0.444. The Morgan fingerprint density at radius 3 is 2.44 bits per heavy atom. The second-order valence-electron chi connectivity index (χ2n) is 4.50. The first-order valence-electron chi connectivity index (χ1n) is 5.75. The second-order valence-corrected chi connectivity index (χ2v) is 4.86. The normalized spacial score (nSPS) is 20.6. The van der Waals surface area contributed by atoms with Crippen molar-refractivity contribution in [1.29, 1.82) is 5.41 Å². The lowest BCUT2D eigenvalue weighted by Crippen LogP contribution is -2.55. The number of hydrogen-bond donors (Lipinski definition) is 2. The monoisotopic (exact) mass is 244 g/mol. The van der Waals surface area contributed by atoms with Gasteiger partial charge >= 0.3 is 0 Å². The molecule has 1 aliphatic rings. The Labute approximate surface area is 102 Å². The highest BCUT2D eigenvalue weighted by atomic mass is 35.5.